The Morgan fingerprint density at radius 2 is 0.891 bits per heavy atom. The summed E-state index contributed by atoms with van der Waals surface area (Å²) in [5.74, 6) is 1.91. The lowest BCUT2D eigenvalue weighted by atomic mass is 9.42. The van der Waals surface area contributed by atoms with Crippen molar-refractivity contribution < 1.29 is 35.8 Å². The highest BCUT2D eigenvalue weighted by molar-refractivity contribution is 5.53. The molecule has 8 rings (SSSR count). The normalized spacial score (nSPS) is 23.3. The molecule has 0 saturated heterocycles. The van der Waals surface area contributed by atoms with Gasteiger partial charge in [-0.2, -0.15) is 26.3 Å². The number of rotatable bonds is 6. The Labute approximate surface area is 262 Å². The van der Waals surface area contributed by atoms with Crippen LogP contribution in [0.15, 0.2) is 84.9 Å². The minimum absolute atomic E-state index is 0.00970. The highest BCUT2D eigenvalue weighted by Crippen LogP contribution is 2.65. The van der Waals surface area contributed by atoms with Crippen LogP contribution in [0.2, 0.25) is 0 Å². The van der Waals surface area contributed by atoms with Crippen LogP contribution in [0.1, 0.15) is 54.4 Å². The monoisotopic (exact) mass is 638 g/mol. The van der Waals surface area contributed by atoms with Crippen LogP contribution in [0.5, 0.6) is 23.0 Å². The van der Waals surface area contributed by atoms with Gasteiger partial charge in [-0.1, -0.05) is 24.3 Å². The standard InChI is InChI=1S/C36H32F6N2O2/c37-35(38,39)30-18-26(43)5-11-32(30)45-28-7-1-22(2-8-28)34(24-14-20-13-21(16-24)17-25(34)15-20)23-3-9-29(10-4-23)46-33-12-6-27(44)19-31(33)36(40,41)42/h1-12,18-21,24-25H,13-17,43-44H2. The molecule has 4 bridgehead atoms. The number of benzene rings is 4. The average molecular weight is 639 g/mol. The fourth-order valence-electron chi connectivity index (χ4n) is 8.60. The molecule has 4 aromatic rings. The molecule has 0 atom stereocenters. The summed E-state index contributed by atoms with van der Waals surface area (Å²) in [5.41, 5.74) is 11.0. The van der Waals surface area contributed by atoms with E-state index >= 15 is 0 Å². The number of nitrogens with two attached hydrogens (primary N) is 2. The molecule has 46 heavy (non-hydrogen) atoms. The van der Waals surface area contributed by atoms with Gasteiger partial charge in [0, 0.05) is 16.8 Å². The summed E-state index contributed by atoms with van der Waals surface area (Å²) in [4.78, 5) is 0. The summed E-state index contributed by atoms with van der Waals surface area (Å²) in [5, 5.41) is 0. The van der Waals surface area contributed by atoms with Crippen molar-refractivity contribution in [3.8, 4) is 23.0 Å². The molecular formula is C36H32F6N2O2. The first-order valence-corrected chi connectivity index (χ1v) is 15.3. The predicted molar refractivity (Wildman–Crippen MR) is 163 cm³/mol. The summed E-state index contributed by atoms with van der Waals surface area (Å²) in [6.07, 6.45) is -3.72. The highest BCUT2D eigenvalue weighted by Gasteiger charge is 2.58. The molecule has 4 nitrogen and oxygen atoms in total. The zero-order chi connectivity index (χ0) is 32.4. The maximum atomic E-state index is 13.7. The number of alkyl halides is 6. The van der Waals surface area contributed by atoms with Crippen LogP contribution in [0.4, 0.5) is 37.7 Å². The third kappa shape index (κ3) is 5.31. The number of nitrogen functional groups attached to an aromatic ring is 2. The maximum Gasteiger partial charge on any atom is 0.420 e. The molecule has 0 unspecified atom stereocenters. The van der Waals surface area contributed by atoms with Crippen molar-refractivity contribution in [2.45, 2.75) is 49.9 Å². The largest absolute Gasteiger partial charge is 0.457 e. The molecule has 4 aromatic carbocycles. The molecule has 0 radical (unpaired) electrons. The van der Waals surface area contributed by atoms with E-state index in [0.29, 0.717) is 23.7 Å². The number of hydrogen-bond donors (Lipinski definition) is 2. The third-order valence-corrected chi connectivity index (χ3v) is 10.2. The lowest BCUT2D eigenvalue weighted by Gasteiger charge is -2.62. The molecule has 0 aliphatic heterocycles. The molecule has 10 heteroatoms. The molecule has 0 heterocycles. The van der Waals surface area contributed by atoms with E-state index in [1.54, 1.807) is 24.3 Å². The van der Waals surface area contributed by atoms with E-state index in [1.165, 1.54) is 30.7 Å². The molecule has 240 valence electrons. The molecule has 4 saturated carbocycles. The second-order valence-electron chi connectivity index (χ2n) is 12.9. The van der Waals surface area contributed by atoms with Crippen molar-refractivity contribution in [3.05, 3.63) is 107 Å². The number of ether oxygens (including phenoxy) is 2. The Kier molecular flexibility index (Phi) is 7.17. The van der Waals surface area contributed by atoms with Crippen molar-refractivity contribution in [2.24, 2.45) is 23.7 Å². The van der Waals surface area contributed by atoms with Gasteiger partial charge >= 0.3 is 12.4 Å². The van der Waals surface area contributed by atoms with Crippen LogP contribution < -0.4 is 20.9 Å². The van der Waals surface area contributed by atoms with Crippen molar-refractivity contribution in [2.75, 3.05) is 11.5 Å². The Morgan fingerprint density at radius 3 is 1.24 bits per heavy atom. The Hall–Kier alpha value is -4.34. The molecule has 0 aromatic heterocycles. The first-order valence-electron chi connectivity index (χ1n) is 15.3. The smallest absolute Gasteiger partial charge is 0.420 e. The van der Waals surface area contributed by atoms with E-state index in [0.717, 1.165) is 48.9 Å². The SMILES string of the molecule is Nc1ccc(Oc2ccc(C3(c4ccc(Oc5ccc(N)cc5C(F)(F)F)cc4)C4CC5CC(C4)CC3C5)cc2)c(C(F)(F)F)c1. The zero-order valence-corrected chi connectivity index (χ0v) is 24.7. The number of anilines is 2. The summed E-state index contributed by atoms with van der Waals surface area (Å²) in [6.45, 7) is 0. The zero-order valence-electron chi connectivity index (χ0n) is 24.7. The van der Waals surface area contributed by atoms with Gasteiger partial charge in [0.25, 0.3) is 0 Å². The van der Waals surface area contributed by atoms with E-state index in [4.69, 9.17) is 20.9 Å². The minimum atomic E-state index is -4.63. The fraction of sp³-hybridized carbons (Fsp3) is 0.333. The topological polar surface area (TPSA) is 70.5 Å². The Balaban J connectivity index is 1.23. The van der Waals surface area contributed by atoms with Gasteiger partial charge in [-0.3, -0.25) is 0 Å². The molecule has 4 fully saturated rings. The van der Waals surface area contributed by atoms with E-state index in [2.05, 4.69) is 0 Å². The predicted octanol–water partition coefficient (Wildman–Crippen LogP) is 10.2. The second kappa shape index (κ2) is 10.9. The first kappa shape index (κ1) is 30.3. The van der Waals surface area contributed by atoms with E-state index in [1.807, 2.05) is 24.3 Å². The molecule has 4 N–H and O–H groups in total. The minimum Gasteiger partial charge on any atom is -0.457 e. The first-order chi connectivity index (χ1) is 21.8. The lowest BCUT2D eigenvalue weighted by molar-refractivity contribution is -0.139. The van der Waals surface area contributed by atoms with Gasteiger partial charge < -0.3 is 20.9 Å². The van der Waals surface area contributed by atoms with E-state index < -0.39 is 23.5 Å². The molecule has 4 aliphatic rings. The summed E-state index contributed by atoms with van der Waals surface area (Å²) in [6, 6.07) is 21.5. The Bertz CT molecular complexity index is 1610. The average Bonchev–Trinajstić information content (AvgIpc) is 2.99. The summed E-state index contributed by atoms with van der Waals surface area (Å²) >= 11 is 0. The van der Waals surface area contributed by atoms with Gasteiger partial charge in [-0.05, 0) is 128 Å². The van der Waals surface area contributed by atoms with Crippen molar-refractivity contribution in [3.63, 3.8) is 0 Å². The van der Waals surface area contributed by atoms with Crippen molar-refractivity contribution in [1.82, 2.24) is 0 Å². The third-order valence-electron chi connectivity index (χ3n) is 10.2. The quantitative estimate of drug-likeness (QED) is 0.163. The van der Waals surface area contributed by atoms with Gasteiger partial charge in [0.2, 0.25) is 0 Å². The summed E-state index contributed by atoms with van der Waals surface area (Å²) < 4.78 is 93.5. The van der Waals surface area contributed by atoms with Crippen LogP contribution in [0.3, 0.4) is 0 Å². The van der Waals surface area contributed by atoms with Crippen LogP contribution in [-0.4, -0.2) is 0 Å². The van der Waals surface area contributed by atoms with Gasteiger partial charge in [0.1, 0.15) is 34.1 Å². The molecule has 4 aliphatic carbocycles. The van der Waals surface area contributed by atoms with Crippen LogP contribution in [0.25, 0.3) is 0 Å². The van der Waals surface area contributed by atoms with E-state index in [-0.39, 0.29) is 39.8 Å². The molecule has 0 spiro atoms. The van der Waals surface area contributed by atoms with Gasteiger partial charge in [0.15, 0.2) is 0 Å². The number of hydrogen-bond acceptors (Lipinski definition) is 4. The summed E-state index contributed by atoms with van der Waals surface area (Å²) in [7, 11) is 0. The lowest BCUT2D eigenvalue weighted by Crippen LogP contribution is -2.56. The highest BCUT2D eigenvalue weighted by atomic mass is 19.4. The Morgan fingerprint density at radius 1 is 0.522 bits per heavy atom. The molecule has 0 amide bonds. The van der Waals surface area contributed by atoms with Gasteiger partial charge in [-0.25, -0.2) is 0 Å². The van der Waals surface area contributed by atoms with E-state index in [9.17, 15) is 26.3 Å². The van der Waals surface area contributed by atoms with Crippen LogP contribution in [-0.2, 0) is 17.8 Å². The maximum absolute atomic E-state index is 13.7. The second-order valence-corrected chi connectivity index (χ2v) is 12.9. The van der Waals surface area contributed by atoms with Crippen LogP contribution >= 0.6 is 0 Å². The van der Waals surface area contributed by atoms with Crippen molar-refractivity contribution in [1.29, 1.82) is 0 Å². The van der Waals surface area contributed by atoms with Gasteiger partial charge in [0.05, 0.1) is 0 Å². The number of halogens is 6. The fourth-order valence-corrected chi connectivity index (χ4v) is 8.60. The van der Waals surface area contributed by atoms with Crippen molar-refractivity contribution >= 4 is 11.4 Å². The van der Waals surface area contributed by atoms with Crippen LogP contribution in [0, 0.1) is 23.7 Å². The van der Waals surface area contributed by atoms with Gasteiger partial charge in [-0.15, -0.1) is 0 Å². The molecular weight excluding hydrogens is 606 g/mol.